The quantitative estimate of drug-likeness (QED) is 0.157. The van der Waals surface area contributed by atoms with E-state index in [4.69, 9.17) is 0 Å². The smallest absolute Gasteiger partial charge is 0.262 e. The zero-order valence-electron chi connectivity index (χ0n) is 30.3. The fourth-order valence-corrected chi connectivity index (χ4v) is 7.71. The molecule has 4 N–H and O–H groups in total. The molecule has 2 fully saturated rings. The summed E-state index contributed by atoms with van der Waals surface area (Å²) in [5, 5.41) is 12.4. The first-order valence-corrected chi connectivity index (χ1v) is 18.4. The van der Waals surface area contributed by atoms with Gasteiger partial charge in [-0.05, 0) is 95.5 Å². The lowest BCUT2D eigenvalue weighted by atomic mass is 9.88. The highest BCUT2D eigenvalue weighted by Crippen LogP contribution is 2.37. The first-order chi connectivity index (χ1) is 26.2. The lowest BCUT2D eigenvalue weighted by Crippen LogP contribution is -2.36. The first kappa shape index (κ1) is 35.1. The van der Waals surface area contributed by atoms with Gasteiger partial charge in [-0.1, -0.05) is 36.4 Å². The molecule has 12 nitrogen and oxygen atoms in total. The number of nitrogens with one attached hydrogen (secondary N) is 4. The molecule has 4 aromatic heterocycles. The molecule has 0 aliphatic carbocycles. The molecule has 0 spiro atoms. The number of rotatable bonds is 11. The molecule has 8 rings (SSSR count). The Morgan fingerprint density at radius 2 is 1.06 bits per heavy atom. The van der Waals surface area contributed by atoms with Crippen molar-refractivity contribution in [3.8, 4) is 33.4 Å². The van der Waals surface area contributed by atoms with Gasteiger partial charge >= 0.3 is 0 Å². The molecule has 2 saturated heterocycles. The predicted molar refractivity (Wildman–Crippen MR) is 208 cm³/mol. The summed E-state index contributed by atoms with van der Waals surface area (Å²) in [7, 11) is 0. The number of amides is 2. The van der Waals surface area contributed by atoms with E-state index >= 15 is 0 Å². The van der Waals surface area contributed by atoms with Crippen LogP contribution in [0, 0.1) is 13.8 Å². The van der Waals surface area contributed by atoms with Gasteiger partial charge in [0.1, 0.15) is 11.3 Å². The first-order valence-electron chi connectivity index (χ1n) is 18.4. The molecule has 2 amide bonds. The Balaban J connectivity index is 1.02. The third kappa shape index (κ3) is 6.93. The van der Waals surface area contributed by atoms with Gasteiger partial charge in [0, 0.05) is 87.0 Å². The van der Waals surface area contributed by atoms with E-state index in [9.17, 15) is 19.2 Å². The molecule has 2 aliphatic rings. The van der Waals surface area contributed by atoms with Gasteiger partial charge in [0.2, 0.25) is 11.8 Å². The number of hydrogen-bond acceptors (Lipinski definition) is 8. The molecule has 2 unspecified atom stereocenters. The van der Waals surface area contributed by atoms with Crippen LogP contribution in [-0.4, -0.2) is 55.8 Å². The summed E-state index contributed by atoms with van der Waals surface area (Å²) in [4.78, 5) is 58.9. The minimum absolute atomic E-state index is 0.0711. The van der Waals surface area contributed by atoms with Crippen molar-refractivity contribution in [2.45, 2.75) is 64.7 Å². The van der Waals surface area contributed by atoms with E-state index < -0.39 is 0 Å². The van der Waals surface area contributed by atoms with Crippen LogP contribution >= 0.6 is 0 Å². The van der Waals surface area contributed by atoms with Gasteiger partial charge in [0.05, 0.1) is 0 Å². The van der Waals surface area contributed by atoms with Gasteiger partial charge in [-0.2, -0.15) is 0 Å². The third-order valence-corrected chi connectivity index (χ3v) is 10.7. The lowest BCUT2D eigenvalue weighted by molar-refractivity contribution is -0.120. The van der Waals surface area contributed by atoms with Crippen LogP contribution in [0.5, 0.6) is 0 Å². The zero-order valence-corrected chi connectivity index (χ0v) is 30.3. The number of aromatic nitrogens is 4. The van der Waals surface area contributed by atoms with Gasteiger partial charge in [-0.15, -0.1) is 0 Å². The average Bonchev–Trinajstić information content (AvgIpc) is 3.80. The molecule has 6 aromatic rings. The second kappa shape index (κ2) is 14.8. The molecule has 2 atom stereocenters. The second-order valence-electron chi connectivity index (χ2n) is 14.3. The highest BCUT2D eigenvalue weighted by molar-refractivity contribution is 5.84. The van der Waals surface area contributed by atoms with Crippen LogP contribution in [0.4, 0.5) is 0 Å². The molecule has 274 valence electrons. The van der Waals surface area contributed by atoms with Crippen LogP contribution in [0.1, 0.15) is 47.9 Å². The van der Waals surface area contributed by atoms with Crippen molar-refractivity contribution in [3.63, 3.8) is 0 Å². The van der Waals surface area contributed by atoms with E-state index in [-0.39, 0.29) is 35.0 Å². The molecular formula is C42H42N8O4. The van der Waals surface area contributed by atoms with Crippen molar-refractivity contribution in [3.05, 3.63) is 128 Å². The lowest BCUT2D eigenvalue weighted by Gasteiger charge is -2.17. The highest BCUT2D eigenvalue weighted by Gasteiger charge is 2.21. The Bertz CT molecular complexity index is 2380. The van der Waals surface area contributed by atoms with Gasteiger partial charge in [0.15, 0.2) is 0 Å². The predicted octanol–water partition coefficient (Wildman–Crippen LogP) is 4.06. The van der Waals surface area contributed by atoms with E-state index in [1.165, 1.54) is 0 Å². The van der Waals surface area contributed by atoms with Gasteiger partial charge in [-0.25, -0.2) is 9.97 Å². The molecule has 0 bridgehead atoms. The Morgan fingerprint density at radius 1 is 0.630 bits per heavy atom. The highest BCUT2D eigenvalue weighted by atomic mass is 16.2. The number of carbonyl (C=O) groups is 2. The monoisotopic (exact) mass is 722 g/mol. The molecule has 12 heteroatoms. The maximum Gasteiger partial charge on any atom is 0.262 e. The SMILES string of the molecule is Cc1c(-c2ccn3c(=O)c(CNCC4CCC(=O)N4)cnc3c2)cccc1-c1cccc(-c2ccn3c(=O)c(CNCC4CCC(=O)N4)cnc3c2)c1C. The minimum atomic E-state index is -0.120. The molecule has 2 aliphatic heterocycles. The van der Waals surface area contributed by atoms with E-state index in [1.807, 2.05) is 24.3 Å². The van der Waals surface area contributed by atoms with Crippen molar-refractivity contribution < 1.29 is 9.59 Å². The van der Waals surface area contributed by atoms with Crippen LogP contribution < -0.4 is 32.4 Å². The van der Waals surface area contributed by atoms with Crippen molar-refractivity contribution in [1.82, 2.24) is 40.0 Å². The zero-order chi connectivity index (χ0) is 37.3. The van der Waals surface area contributed by atoms with Crippen LogP contribution in [0.25, 0.3) is 44.7 Å². The summed E-state index contributed by atoms with van der Waals surface area (Å²) in [6, 6.07) is 20.5. The summed E-state index contributed by atoms with van der Waals surface area (Å²) in [5.41, 5.74) is 10.5. The standard InChI is InChI=1S/C42H42N8O4/c1-25-33(27-13-15-49-37(17-27)45-21-29(41(49)53)19-43-23-31-9-11-39(51)47-31)5-3-7-35(25)36-8-4-6-34(26(36)2)28-14-16-50-38(18-28)46-22-30(42(50)54)20-44-24-32-10-12-40(52)48-32/h3-8,13-18,21-22,31-32,43-44H,9-12,19-20,23-24H2,1-2H3,(H,47,51)(H,48,52). The van der Waals surface area contributed by atoms with Gasteiger partial charge in [-0.3, -0.25) is 28.0 Å². The van der Waals surface area contributed by atoms with Gasteiger partial charge < -0.3 is 21.3 Å². The number of hydrogen-bond donors (Lipinski definition) is 4. The van der Waals surface area contributed by atoms with E-state index in [2.05, 4.69) is 81.5 Å². The average molecular weight is 723 g/mol. The summed E-state index contributed by atoms with van der Waals surface area (Å²) in [6.07, 6.45) is 9.53. The Kier molecular flexibility index (Phi) is 9.61. The normalized spacial score (nSPS) is 17.0. The molecule has 6 heterocycles. The summed E-state index contributed by atoms with van der Waals surface area (Å²) in [6.45, 7) is 6.19. The second-order valence-corrected chi connectivity index (χ2v) is 14.3. The molecular weight excluding hydrogens is 681 g/mol. The minimum Gasteiger partial charge on any atom is -0.352 e. The van der Waals surface area contributed by atoms with Crippen LogP contribution in [0.2, 0.25) is 0 Å². The number of nitrogens with zero attached hydrogens (tertiary/aromatic N) is 4. The largest absolute Gasteiger partial charge is 0.352 e. The van der Waals surface area contributed by atoms with Gasteiger partial charge in [0.25, 0.3) is 11.1 Å². The number of benzene rings is 2. The number of fused-ring (bicyclic) bond motifs is 2. The number of pyridine rings is 2. The maximum atomic E-state index is 13.3. The summed E-state index contributed by atoms with van der Waals surface area (Å²) in [5.74, 6) is 0.142. The Hall–Kier alpha value is -5.98. The fourth-order valence-electron chi connectivity index (χ4n) is 7.71. The van der Waals surface area contributed by atoms with E-state index in [1.54, 1.807) is 33.6 Å². The van der Waals surface area contributed by atoms with Crippen LogP contribution in [0.3, 0.4) is 0 Å². The Morgan fingerprint density at radius 3 is 1.46 bits per heavy atom. The number of carbonyl (C=O) groups excluding carboxylic acids is 2. The summed E-state index contributed by atoms with van der Waals surface area (Å²) < 4.78 is 3.15. The summed E-state index contributed by atoms with van der Waals surface area (Å²) >= 11 is 0. The van der Waals surface area contributed by atoms with Crippen molar-refractivity contribution in [1.29, 1.82) is 0 Å². The van der Waals surface area contributed by atoms with Crippen LogP contribution in [0.15, 0.2) is 95.0 Å². The van der Waals surface area contributed by atoms with E-state index in [0.29, 0.717) is 61.4 Å². The van der Waals surface area contributed by atoms with E-state index in [0.717, 1.165) is 57.3 Å². The third-order valence-electron chi connectivity index (χ3n) is 10.7. The molecule has 2 aromatic carbocycles. The topological polar surface area (TPSA) is 151 Å². The van der Waals surface area contributed by atoms with Crippen LogP contribution in [-0.2, 0) is 22.7 Å². The Labute approximate surface area is 311 Å². The van der Waals surface area contributed by atoms with Crippen molar-refractivity contribution in [2.24, 2.45) is 0 Å². The molecule has 0 saturated carbocycles. The molecule has 54 heavy (non-hydrogen) atoms. The van der Waals surface area contributed by atoms with Crippen molar-refractivity contribution >= 4 is 23.1 Å². The fraction of sp³-hybridized carbons (Fsp3) is 0.286. The molecule has 0 radical (unpaired) electrons. The van der Waals surface area contributed by atoms with Crippen molar-refractivity contribution in [2.75, 3.05) is 13.1 Å². The maximum absolute atomic E-state index is 13.3.